The van der Waals surface area contributed by atoms with Crippen molar-refractivity contribution in [1.82, 2.24) is 0 Å². The Morgan fingerprint density at radius 3 is 1.63 bits per heavy atom. The SMILES string of the molecule is C=C(C)C(=O)C=C(C)C(=O)O.C=CC(=O)O.NC=O. The quantitative estimate of drug-likeness (QED) is 0.504. The number of aliphatic carboxylic acids is 2. The number of amides is 1. The standard InChI is InChI=1S/C8H10O3.C3H4O2.CH3NO/c1-5(2)7(9)4-6(3)8(10)11;1-2-3(4)5;2-1-3/h4H,1H2,2-3H3,(H,10,11);2H,1H2,(H,4,5);1H,(H2,2,3). The van der Waals surface area contributed by atoms with Crippen molar-refractivity contribution >= 4 is 24.1 Å². The van der Waals surface area contributed by atoms with E-state index in [1.54, 1.807) is 0 Å². The van der Waals surface area contributed by atoms with E-state index in [-0.39, 0.29) is 17.8 Å². The molecule has 0 aromatic heterocycles. The molecule has 0 aliphatic carbocycles. The molecular weight excluding hydrogens is 254 g/mol. The number of ketones is 1. The molecule has 0 rings (SSSR count). The fraction of sp³-hybridized carbons (Fsp3) is 0.167. The smallest absolute Gasteiger partial charge is 0.331 e. The van der Waals surface area contributed by atoms with Gasteiger partial charge >= 0.3 is 11.9 Å². The van der Waals surface area contributed by atoms with Crippen LogP contribution in [0, 0.1) is 0 Å². The van der Waals surface area contributed by atoms with Crippen LogP contribution in [0.15, 0.2) is 36.5 Å². The Morgan fingerprint density at radius 2 is 1.47 bits per heavy atom. The van der Waals surface area contributed by atoms with Crippen molar-refractivity contribution in [3.05, 3.63) is 36.5 Å². The van der Waals surface area contributed by atoms with Crippen LogP contribution >= 0.6 is 0 Å². The largest absolute Gasteiger partial charge is 0.478 e. The van der Waals surface area contributed by atoms with Crippen LogP contribution in [-0.2, 0) is 19.2 Å². The first-order valence-corrected chi connectivity index (χ1v) is 4.76. The highest BCUT2D eigenvalue weighted by Gasteiger charge is 2.03. The van der Waals surface area contributed by atoms with Crippen molar-refractivity contribution < 1.29 is 29.4 Å². The van der Waals surface area contributed by atoms with Gasteiger partial charge in [-0.25, -0.2) is 9.59 Å². The Balaban J connectivity index is -0.000000266. The van der Waals surface area contributed by atoms with E-state index in [1.165, 1.54) is 13.8 Å². The lowest BCUT2D eigenvalue weighted by Gasteiger charge is -1.92. The van der Waals surface area contributed by atoms with Gasteiger partial charge in [0.2, 0.25) is 6.41 Å². The zero-order chi connectivity index (χ0) is 16.0. The molecule has 0 saturated heterocycles. The number of allylic oxidation sites excluding steroid dienone is 2. The molecule has 0 fully saturated rings. The normalized spacial score (nSPS) is 8.63. The lowest BCUT2D eigenvalue weighted by atomic mass is 10.1. The molecule has 0 heterocycles. The topological polar surface area (TPSA) is 135 Å². The van der Waals surface area contributed by atoms with Gasteiger partial charge < -0.3 is 15.9 Å². The molecule has 106 valence electrons. The molecule has 19 heavy (non-hydrogen) atoms. The van der Waals surface area contributed by atoms with Gasteiger partial charge in [-0.1, -0.05) is 13.2 Å². The Bertz CT molecular complexity index is 395. The predicted molar refractivity (Wildman–Crippen MR) is 69.3 cm³/mol. The summed E-state index contributed by atoms with van der Waals surface area (Å²) in [6, 6.07) is 0. The highest BCUT2D eigenvalue weighted by atomic mass is 16.4. The highest BCUT2D eigenvalue weighted by molar-refractivity contribution is 6.07. The molecule has 0 aliphatic rings. The summed E-state index contributed by atoms with van der Waals surface area (Å²) in [6.45, 7) is 9.24. The number of nitrogens with two attached hydrogens (primary N) is 1. The Hall–Kier alpha value is -2.70. The second-order valence-corrected chi connectivity index (χ2v) is 2.96. The molecule has 0 radical (unpaired) electrons. The molecule has 0 bridgehead atoms. The van der Waals surface area contributed by atoms with Gasteiger partial charge in [0.1, 0.15) is 0 Å². The van der Waals surface area contributed by atoms with Crippen molar-refractivity contribution in [2.45, 2.75) is 13.8 Å². The maximum absolute atomic E-state index is 10.8. The van der Waals surface area contributed by atoms with Gasteiger partial charge in [0.15, 0.2) is 5.78 Å². The minimum atomic E-state index is -1.08. The first kappa shape index (κ1) is 21.6. The van der Waals surface area contributed by atoms with Gasteiger partial charge in [-0.15, -0.1) is 0 Å². The Morgan fingerprint density at radius 1 is 1.16 bits per heavy atom. The first-order valence-electron chi connectivity index (χ1n) is 4.76. The number of carbonyl (C=O) groups is 4. The second-order valence-electron chi connectivity index (χ2n) is 2.96. The summed E-state index contributed by atoms with van der Waals surface area (Å²) in [5.41, 5.74) is 4.53. The highest BCUT2D eigenvalue weighted by Crippen LogP contribution is 1.97. The van der Waals surface area contributed by atoms with Gasteiger partial charge in [0.05, 0.1) is 0 Å². The number of hydrogen-bond acceptors (Lipinski definition) is 4. The number of primary amides is 1. The number of carboxylic acid groups (broad SMARTS) is 2. The van der Waals surface area contributed by atoms with E-state index in [1.807, 2.05) is 0 Å². The van der Waals surface area contributed by atoms with E-state index in [0.29, 0.717) is 5.57 Å². The molecule has 1 amide bonds. The minimum Gasteiger partial charge on any atom is -0.478 e. The molecular formula is C12H17NO6. The lowest BCUT2D eigenvalue weighted by molar-refractivity contribution is -0.133. The van der Waals surface area contributed by atoms with Crippen molar-refractivity contribution in [2.75, 3.05) is 0 Å². The summed E-state index contributed by atoms with van der Waals surface area (Å²) >= 11 is 0. The van der Waals surface area contributed by atoms with Crippen LogP contribution in [0.2, 0.25) is 0 Å². The maximum atomic E-state index is 10.8. The average Bonchev–Trinajstić information content (AvgIpc) is 2.30. The summed E-state index contributed by atoms with van der Waals surface area (Å²) in [6.07, 6.45) is 2.14. The fourth-order valence-electron chi connectivity index (χ4n) is 0.382. The molecule has 0 spiro atoms. The molecule has 0 aliphatic heterocycles. The second kappa shape index (κ2) is 13.4. The third kappa shape index (κ3) is 21.2. The van der Waals surface area contributed by atoms with Gasteiger partial charge in [-0.2, -0.15) is 0 Å². The third-order valence-electron chi connectivity index (χ3n) is 1.28. The average molecular weight is 271 g/mol. The lowest BCUT2D eigenvalue weighted by Crippen LogP contribution is -2.01. The van der Waals surface area contributed by atoms with Crippen molar-refractivity contribution in [2.24, 2.45) is 5.73 Å². The Kier molecular flexibility index (Phi) is 15.2. The summed E-state index contributed by atoms with van der Waals surface area (Å²) in [7, 11) is 0. The van der Waals surface area contributed by atoms with E-state index in [9.17, 15) is 14.4 Å². The van der Waals surface area contributed by atoms with E-state index in [2.05, 4.69) is 18.9 Å². The molecule has 0 aromatic carbocycles. The molecule has 0 atom stereocenters. The van der Waals surface area contributed by atoms with Crippen LogP contribution < -0.4 is 5.73 Å². The molecule has 0 aromatic rings. The predicted octanol–water partition coefficient (Wildman–Crippen LogP) is 0.521. The van der Waals surface area contributed by atoms with Crippen LogP contribution in [0.3, 0.4) is 0 Å². The third-order valence-corrected chi connectivity index (χ3v) is 1.28. The minimum absolute atomic E-state index is 0.0259. The zero-order valence-electron chi connectivity index (χ0n) is 10.8. The maximum Gasteiger partial charge on any atom is 0.331 e. The van der Waals surface area contributed by atoms with E-state index in [0.717, 1.165) is 12.2 Å². The molecule has 7 nitrogen and oxygen atoms in total. The summed E-state index contributed by atoms with van der Waals surface area (Å²) in [4.78, 5) is 38.9. The molecule has 7 heteroatoms. The Labute approximate surface area is 110 Å². The summed E-state index contributed by atoms with van der Waals surface area (Å²) in [5, 5.41) is 16.0. The van der Waals surface area contributed by atoms with Crippen LogP contribution in [0.5, 0.6) is 0 Å². The summed E-state index contributed by atoms with van der Waals surface area (Å²) < 4.78 is 0. The number of carbonyl (C=O) groups excluding carboxylic acids is 2. The van der Waals surface area contributed by atoms with Gasteiger partial charge in [-0.3, -0.25) is 9.59 Å². The van der Waals surface area contributed by atoms with Crippen LogP contribution in [0.25, 0.3) is 0 Å². The van der Waals surface area contributed by atoms with E-state index in [4.69, 9.17) is 15.0 Å². The van der Waals surface area contributed by atoms with Crippen molar-refractivity contribution in [3.63, 3.8) is 0 Å². The van der Waals surface area contributed by atoms with Gasteiger partial charge in [-0.05, 0) is 25.5 Å². The van der Waals surface area contributed by atoms with Gasteiger partial charge in [0.25, 0.3) is 0 Å². The molecule has 0 saturated carbocycles. The van der Waals surface area contributed by atoms with Crippen molar-refractivity contribution in [3.8, 4) is 0 Å². The number of hydrogen-bond donors (Lipinski definition) is 3. The molecule has 4 N–H and O–H groups in total. The van der Waals surface area contributed by atoms with Gasteiger partial charge in [0, 0.05) is 11.6 Å². The number of rotatable bonds is 4. The molecule has 0 unspecified atom stereocenters. The van der Waals surface area contributed by atoms with E-state index >= 15 is 0 Å². The zero-order valence-corrected chi connectivity index (χ0v) is 10.8. The number of carboxylic acids is 2. The van der Waals surface area contributed by atoms with Crippen LogP contribution in [0.4, 0.5) is 0 Å². The fourth-order valence-corrected chi connectivity index (χ4v) is 0.382. The van der Waals surface area contributed by atoms with Crippen LogP contribution in [0.1, 0.15) is 13.8 Å². The monoisotopic (exact) mass is 271 g/mol. The van der Waals surface area contributed by atoms with Crippen LogP contribution in [-0.4, -0.2) is 34.3 Å². The summed E-state index contributed by atoms with van der Waals surface area (Å²) in [5.74, 6) is -2.41. The van der Waals surface area contributed by atoms with E-state index < -0.39 is 11.9 Å². The van der Waals surface area contributed by atoms with Crippen molar-refractivity contribution in [1.29, 1.82) is 0 Å². The first-order chi connectivity index (χ1) is 8.63.